The number of hydrogen-bond acceptors (Lipinski definition) is 5. The van der Waals surface area contributed by atoms with Crippen molar-refractivity contribution in [1.29, 1.82) is 0 Å². The third kappa shape index (κ3) is 5.66. The van der Waals surface area contributed by atoms with E-state index in [0.717, 1.165) is 15.2 Å². The average Bonchev–Trinajstić information content (AvgIpc) is 2.95. The van der Waals surface area contributed by atoms with Gasteiger partial charge in [0, 0.05) is 11.6 Å². The van der Waals surface area contributed by atoms with Crippen molar-refractivity contribution < 1.29 is 9.59 Å². The van der Waals surface area contributed by atoms with Crippen LogP contribution in [-0.4, -0.2) is 29.4 Å². The molecule has 0 bridgehead atoms. The maximum absolute atomic E-state index is 12.0. The summed E-state index contributed by atoms with van der Waals surface area (Å²) in [5, 5.41) is 6.41. The van der Waals surface area contributed by atoms with Crippen LogP contribution in [0.15, 0.2) is 18.2 Å². The average molecular weight is 385 g/mol. The van der Waals surface area contributed by atoms with E-state index in [-0.39, 0.29) is 36.7 Å². The van der Waals surface area contributed by atoms with Crippen molar-refractivity contribution in [3.63, 3.8) is 0 Å². The maximum atomic E-state index is 12.0. The second-order valence-electron chi connectivity index (χ2n) is 6.43. The molecule has 1 atom stereocenters. The molecule has 2 rings (SSSR count). The Hall–Kier alpha value is -1.70. The van der Waals surface area contributed by atoms with E-state index in [1.807, 2.05) is 32.0 Å². The molecule has 1 aromatic heterocycles. The summed E-state index contributed by atoms with van der Waals surface area (Å²) in [6, 6.07) is 4.99. The van der Waals surface area contributed by atoms with Crippen LogP contribution in [0.2, 0.25) is 0 Å². The Morgan fingerprint density at radius 3 is 2.52 bits per heavy atom. The topological polar surface area (TPSA) is 97.1 Å². The zero-order chi connectivity index (χ0) is 17.9. The van der Waals surface area contributed by atoms with Crippen LogP contribution in [0.5, 0.6) is 0 Å². The van der Waals surface area contributed by atoms with Crippen LogP contribution in [0.1, 0.15) is 38.6 Å². The Morgan fingerprint density at radius 2 is 1.92 bits per heavy atom. The van der Waals surface area contributed by atoms with E-state index in [1.165, 1.54) is 0 Å². The van der Waals surface area contributed by atoms with Crippen LogP contribution in [0, 0.1) is 5.92 Å². The van der Waals surface area contributed by atoms with Crippen molar-refractivity contribution in [2.75, 3.05) is 11.9 Å². The summed E-state index contributed by atoms with van der Waals surface area (Å²) >= 11 is 1.62. The summed E-state index contributed by atoms with van der Waals surface area (Å²) in [7, 11) is 0. The maximum Gasteiger partial charge on any atom is 0.243 e. The zero-order valence-corrected chi connectivity index (χ0v) is 16.5. The highest BCUT2D eigenvalue weighted by molar-refractivity contribution is 7.18. The van der Waals surface area contributed by atoms with Crippen LogP contribution >= 0.6 is 23.7 Å². The normalized spacial score (nSPS) is 12.1. The van der Waals surface area contributed by atoms with Crippen molar-refractivity contribution in [1.82, 2.24) is 10.3 Å². The van der Waals surface area contributed by atoms with E-state index < -0.39 is 6.04 Å². The Bertz CT molecular complexity index is 745. The lowest BCUT2D eigenvalue weighted by atomic mass is 10.1. The van der Waals surface area contributed by atoms with Gasteiger partial charge in [-0.15, -0.1) is 23.7 Å². The molecule has 2 aromatic rings. The van der Waals surface area contributed by atoms with Crippen molar-refractivity contribution in [3.8, 4) is 0 Å². The summed E-state index contributed by atoms with van der Waals surface area (Å²) in [4.78, 5) is 28.3. The van der Waals surface area contributed by atoms with Crippen LogP contribution in [0.25, 0.3) is 10.2 Å². The third-order valence-corrected chi connectivity index (χ3v) is 4.95. The van der Waals surface area contributed by atoms with Gasteiger partial charge in [0.15, 0.2) is 0 Å². The van der Waals surface area contributed by atoms with Crippen molar-refractivity contribution in [2.45, 2.75) is 39.7 Å². The molecule has 6 nitrogen and oxygen atoms in total. The SMILES string of the molecule is CC(C)c1nc2ccc(NC(=O)CNC(=O)[C@@H](N)C(C)C)cc2s1.Cl. The molecule has 0 aliphatic rings. The summed E-state index contributed by atoms with van der Waals surface area (Å²) in [6.07, 6.45) is 0. The Morgan fingerprint density at radius 1 is 1.24 bits per heavy atom. The first-order valence-electron chi connectivity index (χ1n) is 8.01. The second kappa shape index (κ2) is 9.12. The number of anilines is 1. The lowest BCUT2D eigenvalue weighted by Gasteiger charge is -2.15. The number of aromatic nitrogens is 1. The van der Waals surface area contributed by atoms with E-state index in [1.54, 1.807) is 11.3 Å². The van der Waals surface area contributed by atoms with Crippen LogP contribution < -0.4 is 16.4 Å². The first-order valence-corrected chi connectivity index (χ1v) is 8.83. The molecule has 8 heteroatoms. The quantitative estimate of drug-likeness (QED) is 0.713. The van der Waals surface area contributed by atoms with Gasteiger partial charge in [0.25, 0.3) is 0 Å². The van der Waals surface area contributed by atoms with E-state index in [0.29, 0.717) is 11.6 Å². The molecule has 138 valence electrons. The molecule has 0 saturated heterocycles. The molecule has 1 heterocycles. The van der Waals surface area contributed by atoms with Crippen LogP contribution in [-0.2, 0) is 9.59 Å². The molecule has 0 radical (unpaired) electrons. The van der Waals surface area contributed by atoms with Crippen molar-refractivity contribution in [3.05, 3.63) is 23.2 Å². The number of nitrogens with one attached hydrogen (secondary N) is 2. The van der Waals surface area contributed by atoms with Gasteiger partial charge < -0.3 is 16.4 Å². The first-order chi connectivity index (χ1) is 11.3. The lowest BCUT2D eigenvalue weighted by molar-refractivity contribution is -0.125. The predicted molar refractivity (Wildman–Crippen MR) is 105 cm³/mol. The molecule has 0 saturated carbocycles. The standard InChI is InChI=1S/C17H24N4O2S.ClH/c1-9(2)15(18)16(23)19-8-14(22)20-11-5-6-12-13(7-11)24-17(21-12)10(3)4;/h5-7,9-10,15H,8,18H2,1-4H3,(H,19,23)(H,20,22);1H/t15-;/m0./s1. The number of carbonyl (C=O) groups is 2. The summed E-state index contributed by atoms with van der Waals surface area (Å²) < 4.78 is 1.03. The Kier molecular flexibility index (Phi) is 7.79. The van der Waals surface area contributed by atoms with E-state index in [4.69, 9.17) is 5.73 Å². The number of halogens is 1. The molecule has 0 spiro atoms. The Balaban J connectivity index is 0.00000312. The minimum absolute atomic E-state index is 0. The van der Waals surface area contributed by atoms with Crippen LogP contribution in [0.4, 0.5) is 5.69 Å². The van der Waals surface area contributed by atoms with Gasteiger partial charge >= 0.3 is 0 Å². The molecule has 25 heavy (non-hydrogen) atoms. The molecule has 0 aliphatic heterocycles. The Labute approximate surface area is 158 Å². The summed E-state index contributed by atoms with van der Waals surface area (Å²) in [6.45, 7) is 7.83. The fourth-order valence-corrected chi connectivity index (χ4v) is 3.07. The molecular weight excluding hydrogens is 360 g/mol. The highest BCUT2D eigenvalue weighted by atomic mass is 35.5. The first kappa shape index (κ1) is 21.3. The summed E-state index contributed by atoms with van der Waals surface area (Å²) in [5.74, 6) is -0.204. The van der Waals surface area contributed by atoms with E-state index in [2.05, 4.69) is 29.5 Å². The molecule has 0 aliphatic carbocycles. The molecule has 1 aromatic carbocycles. The largest absolute Gasteiger partial charge is 0.346 e. The highest BCUT2D eigenvalue weighted by Gasteiger charge is 2.17. The smallest absolute Gasteiger partial charge is 0.243 e. The van der Waals surface area contributed by atoms with Gasteiger partial charge in [0.2, 0.25) is 11.8 Å². The highest BCUT2D eigenvalue weighted by Crippen LogP contribution is 2.29. The fraction of sp³-hybridized carbons (Fsp3) is 0.471. The van der Waals surface area contributed by atoms with Gasteiger partial charge in [-0.3, -0.25) is 9.59 Å². The molecule has 0 unspecified atom stereocenters. The zero-order valence-electron chi connectivity index (χ0n) is 14.8. The molecule has 2 amide bonds. The van der Waals surface area contributed by atoms with Crippen molar-refractivity contribution >= 4 is 51.5 Å². The number of hydrogen-bond donors (Lipinski definition) is 3. The number of nitrogens with two attached hydrogens (primary N) is 1. The van der Waals surface area contributed by atoms with Gasteiger partial charge in [-0.2, -0.15) is 0 Å². The third-order valence-electron chi connectivity index (χ3n) is 3.63. The fourth-order valence-electron chi connectivity index (χ4n) is 2.06. The number of thiazole rings is 1. The monoisotopic (exact) mass is 384 g/mol. The number of carbonyl (C=O) groups excluding carboxylic acids is 2. The molecule has 0 fully saturated rings. The van der Waals surface area contributed by atoms with Gasteiger partial charge in [-0.25, -0.2) is 4.98 Å². The minimum atomic E-state index is -0.610. The summed E-state index contributed by atoms with van der Waals surface area (Å²) in [5.41, 5.74) is 7.36. The predicted octanol–water partition coefficient (Wildman–Crippen LogP) is 2.88. The second-order valence-corrected chi connectivity index (χ2v) is 7.49. The van der Waals surface area contributed by atoms with Gasteiger partial charge in [0.1, 0.15) is 0 Å². The number of fused-ring (bicyclic) bond motifs is 1. The van der Waals surface area contributed by atoms with Crippen molar-refractivity contribution in [2.24, 2.45) is 11.7 Å². The molecule has 4 N–H and O–H groups in total. The van der Waals surface area contributed by atoms with Gasteiger partial charge in [0.05, 0.1) is 27.8 Å². The van der Waals surface area contributed by atoms with Gasteiger partial charge in [-0.1, -0.05) is 27.7 Å². The number of rotatable bonds is 6. The minimum Gasteiger partial charge on any atom is -0.346 e. The lowest BCUT2D eigenvalue weighted by Crippen LogP contribution is -2.46. The number of nitrogens with zero attached hydrogens (tertiary/aromatic N) is 1. The van der Waals surface area contributed by atoms with E-state index >= 15 is 0 Å². The number of benzene rings is 1. The molecular formula is C17H25ClN4O2S. The van der Waals surface area contributed by atoms with Crippen LogP contribution in [0.3, 0.4) is 0 Å². The van der Waals surface area contributed by atoms with Gasteiger partial charge in [-0.05, 0) is 24.1 Å². The number of amides is 2. The van der Waals surface area contributed by atoms with E-state index in [9.17, 15) is 9.59 Å².